The maximum Gasteiger partial charge on any atom is 0.271 e. The van der Waals surface area contributed by atoms with Gasteiger partial charge in [-0.05, 0) is 26.0 Å². The molecule has 2 heterocycles. The maximum atomic E-state index is 11.8. The van der Waals surface area contributed by atoms with Crippen molar-refractivity contribution in [3.63, 3.8) is 0 Å². The van der Waals surface area contributed by atoms with Crippen LogP contribution in [0.4, 0.5) is 0 Å². The van der Waals surface area contributed by atoms with E-state index in [0.29, 0.717) is 5.69 Å². The van der Waals surface area contributed by atoms with E-state index in [2.05, 4.69) is 10.3 Å². The molecular weight excluding hydrogens is 218 g/mol. The average molecular weight is 233 g/mol. The van der Waals surface area contributed by atoms with Crippen LogP contribution in [-0.4, -0.2) is 33.0 Å². The van der Waals surface area contributed by atoms with Crippen molar-refractivity contribution in [3.8, 4) is 0 Å². The molecule has 0 radical (unpaired) electrons. The number of nitrogens with zero attached hydrogens (tertiary/aromatic N) is 2. The lowest BCUT2D eigenvalue weighted by Crippen LogP contribution is -2.35. The van der Waals surface area contributed by atoms with Gasteiger partial charge in [-0.15, -0.1) is 0 Å². The van der Waals surface area contributed by atoms with Crippen LogP contribution in [0.15, 0.2) is 24.4 Å². The molecule has 5 heteroatoms. The summed E-state index contributed by atoms with van der Waals surface area (Å²) in [6, 6.07) is 5.43. The number of aliphatic hydroxyl groups is 1. The van der Waals surface area contributed by atoms with Crippen LogP contribution < -0.4 is 5.32 Å². The second kappa shape index (κ2) is 4.55. The van der Waals surface area contributed by atoms with Crippen LogP contribution in [0.25, 0.3) is 5.65 Å². The summed E-state index contributed by atoms with van der Waals surface area (Å²) in [5, 5.41) is 11.5. The maximum absolute atomic E-state index is 11.8. The summed E-state index contributed by atoms with van der Waals surface area (Å²) in [5.41, 5.74) is 2.12. The first kappa shape index (κ1) is 11.6. The molecule has 0 bridgehead atoms. The normalized spacial score (nSPS) is 12.6. The molecule has 5 nitrogen and oxygen atoms in total. The first-order chi connectivity index (χ1) is 8.11. The highest BCUT2D eigenvalue weighted by Gasteiger charge is 2.13. The van der Waals surface area contributed by atoms with E-state index in [9.17, 15) is 4.79 Å². The molecule has 0 saturated carbocycles. The largest absolute Gasteiger partial charge is 0.394 e. The van der Waals surface area contributed by atoms with Crippen molar-refractivity contribution >= 4 is 11.6 Å². The van der Waals surface area contributed by atoms with Crippen LogP contribution in [0.5, 0.6) is 0 Å². The van der Waals surface area contributed by atoms with Crippen LogP contribution in [0.1, 0.15) is 23.1 Å². The molecule has 90 valence electrons. The molecule has 17 heavy (non-hydrogen) atoms. The Morgan fingerprint density at radius 3 is 3.00 bits per heavy atom. The van der Waals surface area contributed by atoms with E-state index < -0.39 is 0 Å². The SMILES string of the molecule is Cc1cccc2nc(C(=O)NC(C)CO)cn12. The second-order valence-corrected chi connectivity index (χ2v) is 4.08. The predicted octanol–water partition coefficient (Wildman–Crippen LogP) is 0.753. The van der Waals surface area contributed by atoms with Gasteiger partial charge in [0.25, 0.3) is 5.91 Å². The lowest BCUT2D eigenvalue weighted by molar-refractivity contribution is 0.0918. The molecule has 0 aliphatic heterocycles. The molecule has 2 rings (SSSR count). The number of carbonyl (C=O) groups excluding carboxylic acids is 1. The van der Waals surface area contributed by atoms with Crippen LogP contribution in [-0.2, 0) is 0 Å². The number of hydrogen-bond acceptors (Lipinski definition) is 3. The van der Waals surface area contributed by atoms with Gasteiger partial charge in [-0.25, -0.2) is 4.98 Å². The minimum atomic E-state index is -0.270. The van der Waals surface area contributed by atoms with E-state index in [0.717, 1.165) is 11.3 Å². The third-order valence-electron chi connectivity index (χ3n) is 2.58. The van der Waals surface area contributed by atoms with Gasteiger partial charge in [-0.1, -0.05) is 6.07 Å². The minimum Gasteiger partial charge on any atom is -0.394 e. The number of nitrogens with one attached hydrogen (secondary N) is 1. The smallest absolute Gasteiger partial charge is 0.271 e. The Morgan fingerprint density at radius 1 is 1.59 bits per heavy atom. The van der Waals surface area contributed by atoms with Crippen molar-refractivity contribution in [1.29, 1.82) is 0 Å². The number of aliphatic hydroxyl groups excluding tert-OH is 1. The van der Waals surface area contributed by atoms with Gasteiger partial charge in [-0.3, -0.25) is 4.79 Å². The van der Waals surface area contributed by atoms with Gasteiger partial charge < -0.3 is 14.8 Å². The molecule has 1 amide bonds. The third kappa shape index (κ3) is 2.29. The summed E-state index contributed by atoms with van der Waals surface area (Å²) < 4.78 is 1.86. The van der Waals surface area contributed by atoms with Crippen LogP contribution in [0.2, 0.25) is 0 Å². The lowest BCUT2D eigenvalue weighted by Gasteiger charge is -2.08. The summed E-state index contributed by atoms with van der Waals surface area (Å²) >= 11 is 0. The summed E-state index contributed by atoms with van der Waals surface area (Å²) in [6.45, 7) is 3.60. The van der Waals surface area contributed by atoms with Crippen LogP contribution in [0, 0.1) is 6.92 Å². The number of fused-ring (bicyclic) bond motifs is 1. The first-order valence-electron chi connectivity index (χ1n) is 5.48. The van der Waals surface area contributed by atoms with E-state index in [1.807, 2.05) is 29.5 Å². The Balaban J connectivity index is 2.30. The summed E-state index contributed by atoms with van der Waals surface area (Å²) in [7, 11) is 0. The Morgan fingerprint density at radius 2 is 2.35 bits per heavy atom. The van der Waals surface area contributed by atoms with Crippen molar-refractivity contribution in [2.75, 3.05) is 6.61 Å². The fraction of sp³-hybridized carbons (Fsp3) is 0.333. The van der Waals surface area contributed by atoms with Crippen molar-refractivity contribution < 1.29 is 9.90 Å². The van der Waals surface area contributed by atoms with E-state index >= 15 is 0 Å². The van der Waals surface area contributed by atoms with Crippen molar-refractivity contribution in [2.24, 2.45) is 0 Å². The number of aromatic nitrogens is 2. The number of imidazole rings is 1. The Kier molecular flexibility index (Phi) is 3.10. The fourth-order valence-electron chi connectivity index (χ4n) is 1.60. The minimum absolute atomic E-state index is 0.0852. The van der Waals surface area contributed by atoms with Crippen LogP contribution in [0.3, 0.4) is 0 Å². The molecule has 2 N–H and O–H groups in total. The van der Waals surface area contributed by atoms with Gasteiger partial charge in [-0.2, -0.15) is 0 Å². The zero-order valence-corrected chi connectivity index (χ0v) is 9.84. The predicted molar refractivity (Wildman–Crippen MR) is 63.9 cm³/mol. The molecule has 0 saturated heterocycles. The number of amides is 1. The zero-order valence-electron chi connectivity index (χ0n) is 9.84. The van der Waals surface area contributed by atoms with Gasteiger partial charge in [0.1, 0.15) is 11.3 Å². The van der Waals surface area contributed by atoms with Gasteiger partial charge >= 0.3 is 0 Å². The monoisotopic (exact) mass is 233 g/mol. The summed E-state index contributed by atoms with van der Waals surface area (Å²) in [4.78, 5) is 16.0. The molecule has 0 aliphatic carbocycles. The average Bonchev–Trinajstić information content (AvgIpc) is 2.74. The standard InChI is InChI=1S/C12H15N3O2/c1-8(7-16)13-12(17)10-6-15-9(2)4-3-5-11(15)14-10/h3-6,8,16H,7H2,1-2H3,(H,13,17). The first-order valence-corrected chi connectivity index (χ1v) is 5.48. The molecular formula is C12H15N3O2. The number of hydrogen-bond donors (Lipinski definition) is 2. The topological polar surface area (TPSA) is 66.6 Å². The number of aryl methyl sites for hydroxylation is 1. The molecule has 0 fully saturated rings. The van der Waals surface area contributed by atoms with E-state index in [1.54, 1.807) is 13.1 Å². The Bertz CT molecular complexity index is 548. The highest BCUT2D eigenvalue weighted by Crippen LogP contribution is 2.08. The molecule has 0 aliphatic rings. The van der Waals surface area contributed by atoms with Crippen molar-refractivity contribution in [3.05, 3.63) is 35.8 Å². The number of pyridine rings is 1. The third-order valence-corrected chi connectivity index (χ3v) is 2.58. The molecule has 2 aromatic heterocycles. The van der Waals surface area contributed by atoms with Gasteiger partial charge in [0, 0.05) is 17.9 Å². The second-order valence-electron chi connectivity index (χ2n) is 4.08. The van der Waals surface area contributed by atoms with Gasteiger partial charge in [0.15, 0.2) is 0 Å². The Labute approximate surface area is 99.1 Å². The highest BCUT2D eigenvalue weighted by molar-refractivity contribution is 5.93. The van der Waals surface area contributed by atoms with E-state index in [4.69, 9.17) is 5.11 Å². The molecule has 2 aromatic rings. The summed E-state index contributed by atoms with van der Waals surface area (Å²) in [6.07, 6.45) is 1.70. The van der Waals surface area contributed by atoms with Crippen LogP contribution >= 0.6 is 0 Å². The van der Waals surface area contributed by atoms with Gasteiger partial charge in [0.2, 0.25) is 0 Å². The number of carbonyl (C=O) groups is 1. The van der Waals surface area contributed by atoms with E-state index in [-0.39, 0.29) is 18.6 Å². The molecule has 0 spiro atoms. The highest BCUT2D eigenvalue weighted by atomic mass is 16.3. The Hall–Kier alpha value is -1.88. The summed E-state index contributed by atoms with van der Waals surface area (Å²) in [5.74, 6) is -0.269. The lowest BCUT2D eigenvalue weighted by atomic mass is 10.3. The zero-order chi connectivity index (χ0) is 12.4. The van der Waals surface area contributed by atoms with E-state index in [1.165, 1.54) is 0 Å². The van der Waals surface area contributed by atoms with Gasteiger partial charge in [0.05, 0.1) is 6.61 Å². The molecule has 1 atom stereocenters. The fourth-order valence-corrected chi connectivity index (χ4v) is 1.60. The molecule has 0 aromatic carbocycles. The molecule has 1 unspecified atom stereocenters. The van der Waals surface area contributed by atoms with Crippen molar-refractivity contribution in [2.45, 2.75) is 19.9 Å². The number of rotatable bonds is 3. The quantitative estimate of drug-likeness (QED) is 0.822. The van der Waals surface area contributed by atoms with Crippen molar-refractivity contribution in [1.82, 2.24) is 14.7 Å².